The molecule has 0 aliphatic rings. The number of rotatable bonds is 12. The third kappa shape index (κ3) is 8.67. The summed E-state index contributed by atoms with van der Waals surface area (Å²) in [7, 11) is 1.73. The van der Waals surface area contributed by atoms with E-state index in [1.54, 1.807) is 34.4 Å². The van der Waals surface area contributed by atoms with Crippen LogP contribution >= 0.6 is 11.3 Å². The summed E-state index contributed by atoms with van der Waals surface area (Å²) in [5.74, 6) is 0.986. The maximum Gasteiger partial charge on any atom is 0.410 e. The van der Waals surface area contributed by atoms with E-state index in [0.29, 0.717) is 49.0 Å². The van der Waals surface area contributed by atoms with Crippen molar-refractivity contribution >= 4 is 35.0 Å². The third-order valence-corrected chi connectivity index (χ3v) is 6.90. The van der Waals surface area contributed by atoms with Crippen LogP contribution in [0.15, 0.2) is 48.0 Å². The molecule has 0 aliphatic carbocycles. The first-order valence-corrected chi connectivity index (χ1v) is 14.5. The predicted molar refractivity (Wildman–Crippen MR) is 161 cm³/mol. The van der Waals surface area contributed by atoms with E-state index in [-0.39, 0.29) is 18.1 Å². The van der Waals surface area contributed by atoms with Crippen LogP contribution in [0.3, 0.4) is 0 Å². The van der Waals surface area contributed by atoms with Gasteiger partial charge in [0.2, 0.25) is 5.95 Å². The molecule has 1 aromatic carbocycles. The second-order valence-corrected chi connectivity index (χ2v) is 11.5. The second-order valence-electron chi connectivity index (χ2n) is 10.5. The minimum Gasteiger partial charge on any atom is -0.485 e. The van der Waals surface area contributed by atoms with E-state index in [1.165, 1.54) is 0 Å². The quantitative estimate of drug-likeness (QED) is 0.260. The number of benzene rings is 1. The van der Waals surface area contributed by atoms with Crippen molar-refractivity contribution < 1.29 is 19.1 Å². The number of anilines is 2. The van der Waals surface area contributed by atoms with Gasteiger partial charge in [0.05, 0.1) is 11.3 Å². The molecule has 2 amide bonds. The fraction of sp³-hybridized carbons (Fsp3) is 0.467. The number of hydrogen-bond acceptors (Lipinski definition) is 8. The van der Waals surface area contributed by atoms with E-state index >= 15 is 0 Å². The Hall–Kier alpha value is -3.66. The summed E-state index contributed by atoms with van der Waals surface area (Å²) in [5, 5.41) is 5.09. The number of ether oxygens (including phenoxy) is 2. The van der Waals surface area contributed by atoms with Gasteiger partial charge in [-0.3, -0.25) is 4.79 Å². The van der Waals surface area contributed by atoms with E-state index in [9.17, 15) is 9.59 Å². The topological polar surface area (TPSA) is 96.9 Å². The smallest absolute Gasteiger partial charge is 0.410 e. The summed E-state index contributed by atoms with van der Waals surface area (Å²) in [6.45, 7) is 13.1. The van der Waals surface area contributed by atoms with Crippen molar-refractivity contribution in [2.75, 3.05) is 36.9 Å². The highest BCUT2D eigenvalue weighted by atomic mass is 32.1. The number of amides is 2. The molecule has 2 heterocycles. The van der Waals surface area contributed by atoms with Crippen LogP contribution in [0.5, 0.6) is 5.75 Å². The predicted octanol–water partition coefficient (Wildman–Crippen LogP) is 6.71. The molecule has 1 atom stereocenters. The van der Waals surface area contributed by atoms with Crippen LogP contribution in [0.2, 0.25) is 0 Å². The molecule has 0 spiro atoms. The molecule has 0 unspecified atom stereocenters. The van der Waals surface area contributed by atoms with Gasteiger partial charge in [-0.2, -0.15) is 0 Å². The molecule has 0 saturated heterocycles. The summed E-state index contributed by atoms with van der Waals surface area (Å²) in [6.07, 6.45) is 2.30. The van der Waals surface area contributed by atoms with Gasteiger partial charge in [-0.1, -0.05) is 19.1 Å². The van der Waals surface area contributed by atoms with Crippen LogP contribution in [-0.4, -0.2) is 59.2 Å². The number of aryl methyl sites for hydroxylation is 1. The summed E-state index contributed by atoms with van der Waals surface area (Å²) in [6, 6.07) is 11.6. The molecule has 9 nitrogen and oxygen atoms in total. The average Bonchev–Trinajstić information content (AvgIpc) is 3.43. The molecular formula is C30H41N5O4S. The van der Waals surface area contributed by atoms with Crippen LogP contribution in [0, 0.1) is 6.92 Å². The van der Waals surface area contributed by atoms with E-state index in [0.717, 1.165) is 17.0 Å². The van der Waals surface area contributed by atoms with Crippen LogP contribution < -0.4 is 15.0 Å². The Morgan fingerprint density at radius 1 is 1.12 bits per heavy atom. The fourth-order valence-electron chi connectivity index (χ4n) is 4.00. The number of nitrogens with one attached hydrogen (secondary N) is 1. The maximum atomic E-state index is 13.6. The monoisotopic (exact) mass is 567 g/mol. The molecule has 40 heavy (non-hydrogen) atoms. The van der Waals surface area contributed by atoms with Crippen LogP contribution in [0.1, 0.15) is 74.5 Å². The van der Waals surface area contributed by atoms with Crippen LogP contribution in [0.25, 0.3) is 0 Å². The minimum absolute atomic E-state index is 0.159. The largest absolute Gasteiger partial charge is 0.485 e. The fourth-order valence-corrected chi connectivity index (χ4v) is 4.79. The molecule has 0 bridgehead atoms. The Morgan fingerprint density at radius 3 is 2.52 bits per heavy atom. The number of hydrogen-bond donors (Lipinski definition) is 1. The van der Waals surface area contributed by atoms with E-state index < -0.39 is 5.60 Å². The third-order valence-electron chi connectivity index (χ3n) is 5.94. The van der Waals surface area contributed by atoms with Crippen molar-refractivity contribution in [3.8, 4) is 5.75 Å². The molecule has 0 aliphatic heterocycles. The molecule has 2 aromatic heterocycles. The van der Waals surface area contributed by atoms with Gasteiger partial charge in [0.15, 0.2) is 0 Å². The van der Waals surface area contributed by atoms with Crippen LogP contribution in [-0.2, 0) is 4.74 Å². The van der Waals surface area contributed by atoms with Gasteiger partial charge in [0.25, 0.3) is 5.91 Å². The lowest BCUT2D eigenvalue weighted by Gasteiger charge is -2.27. The van der Waals surface area contributed by atoms with Crippen molar-refractivity contribution in [3.63, 3.8) is 0 Å². The molecule has 3 aromatic rings. The van der Waals surface area contributed by atoms with Gasteiger partial charge in [0, 0.05) is 55.9 Å². The van der Waals surface area contributed by atoms with Crippen molar-refractivity contribution in [3.05, 3.63) is 64.1 Å². The lowest BCUT2D eigenvalue weighted by molar-refractivity contribution is 0.0279. The molecule has 10 heteroatoms. The van der Waals surface area contributed by atoms with Crippen molar-refractivity contribution in [2.45, 2.75) is 66.1 Å². The zero-order valence-electron chi connectivity index (χ0n) is 24.6. The van der Waals surface area contributed by atoms with Gasteiger partial charge in [0.1, 0.15) is 17.5 Å². The van der Waals surface area contributed by atoms with Crippen molar-refractivity contribution in [1.29, 1.82) is 0 Å². The van der Waals surface area contributed by atoms with Gasteiger partial charge in [-0.25, -0.2) is 14.8 Å². The number of aromatic nitrogens is 2. The van der Waals surface area contributed by atoms with Crippen LogP contribution in [0.4, 0.5) is 16.4 Å². The Labute approximate surface area is 241 Å². The van der Waals surface area contributed by atoms with Crippen molar-refractivity contribution in [2.24, 2.45) is 0 Å². The van der Waals surface area contributed by atoms with Gasteiger partial charge < -0.3 is 24.6 Å². The minimum atomic E-state index is -0.559. The molecule has 216 valence electrons. The molecule has 0 fully saturated rings. The molecular weight excluding hydrogens is 526 g/mol. The first-order chi connectivity index (χ1) is 19.0. The Balaban J connectivity index is 1.80. The number of carbonyl (C=O) groups is 2. The maximum absolute atomic E-state index is 13.6. The van der Waals surface area contributed by atoms with Crippen molar-refractivity contribution in [1.82, 2.24) is 14.9 Å². The first-order valence-electron chi connectivity index (χ1n) is 13.7. The van der Waals surface area contributed by atoms with Gasteiger partial charge in [-0.05, 0) is 64.6 Å². The van der Waals surface area contributed by atoms with Gasteiger partial charge >= 0.3 is 6.09 Å². The lowest BCUT2D eigenvalue weighted by atomic mass is 10.1. The molecule has 0 radical (unpaired) electrons. The highest BCUT2D eigenvalue weighted by molar-refractivity contribution is 7.10. The lowest BCUT2D eigenvalue weighted by Crippen LogP contribution is -2.35. The average molecular weight is 568 g/mol. The number of nitrogens with zero attached hydrogens (tertiary/aromatic N) is 4. The Morgan fingerprint density at radius 2 is 1.90 bits per heavy atom. The van der Waals surface area contributed by atoms with Gasteiger partial charge in [-0.15, -0.1) is 11.3 Å². The number of carbonyl (C=O) groups excluding carboxylic acids is 2. The van der Waals surface area contributed by atoms with E-state index in [1.807, 2.05) is 83.3 Å². The van der Waals surface area contributed by atoms with E-state index in [2.05, 4.69) is 15.3 Å². The molecule has 1 N–H and O–H groups in total. The SMILES string of the molecule is CCCN(C(=O)c1cnc(NCC)nc1C)c1cccc(O[C@@H](CCN(C)C(=O)OC(C)(C)C)c2cccs2)c1. The molecule has 3 rings (SSSR count). The summed E-state index contributed by atoms with van der Waals surface area (Å²) < 4.78 is 12.0. The second kappa shape index (κ2) is 14.1. The van der Waals surface area contributed by atoms with E-state index in [4.69, 9.17) is 9.47 Å². The highest BCUT2D eigenvalue weighted by Gasteiger charge is 2.24. The summed E-state index contributed by atoms with van der Waals surface area (Å²) in [4.78, 5) is 39.2. The zero-order chi connectivity index (χ0) is 29.3. The summed E-state index contributed by atoms with van der Waals surface area (Å²) in [5.41, 5.74) is 1.26. The normalized spacial score (nSPS) is 12.0. The number of thiophene rings is 1. The standard InChI is InChI=1S/C30H41N5O4S/c1-8-16-35(27(36)24-20-32-28(31-9-2)33-21(24)3)22-12-10-13-23(19-22)38-25(26-14-11-18-40-26)15-17-34(7)29(37)39-30(4,5)6/h10-14,18-20,25H,8-9,15-17H2,1-7H3,(H,31,32,33)/t25-/m0/s1. The molecule has 0 saturated carbocycles. The zero-order valence-corrected chi connectivity index (χ0v) is 25.4. The first kappa shape index (κ1) is 30.9. The summed E-state index contributed by atoms with van der Waals surface area (Å²) >= 11 is 1.60. The Bertz CT molecular complexity index is 1260. The Kier molecular flexibility index (Phi) is 10.9. The highest BCUT2D eigenvalue weighted by Crippen LogP contribution is 2.31.